The first-order valence-electron chi connectivity index (χ1n) is 8.55. The van der Waals surface area contributed by atoms with Crippen LogP contribution < -0.4 is 19.7 Å². The second kappa shape index (κ2) is 8.98. The lowest BCUT2D eigenvalue weighted by Gasteiger charge is -2.22. The lowest BCUT2D eigenvalue weighted by atomic mass is 10.1. The summed E-state index contributed by atoms with van der Waals surface area (Å²) in [5.74, 6) is -0.0677. The monoisotopic (exact) mass is 392 g/mol. The quantitative estimate of drug-likeness (QED) is 0.621. The predicted octanol–water partition coefficient (Wildman–Crippen LogP) is 0.818. The topological polar surface area (TPSA) is 88.9 Å². The molecule has 2 rings (SSSR count). The summed E-state index contributed by atoms with van der Waals surface area (Å²) >= 11 is 0. The van der Waals surface area contributed by atoms with E-state index in [2.05, 4.69) is 10.0 Å². The minimum absolute atomic E-state index is 0.0168. The summed E-state index contributed by atoms with van der Waals surface area (Å²) in [5.41, 5.74) is 1.43. The molecule has 0 radical (unpaired) electrons. The van der Waals surface area contributed by atoms with Gasteiger partial charge in [0.2, 0.25) is 15.9 Å². The van der Waals surface area contributed by atoms with Gasteiger partial charge in [0, 0.05) is 18.2 Å². The van der Waals surface area contributed by atoms with Gasteiger partial charge in [0.1, 0.15) is 16.7 Å². The largest absolute Gasteiger partial charge is 0.495 e. The number of nitrogens with one attached hydrogen (secondary N) is 3. The van der Waals surface area contributed by atoms with Gasteiger partial charge in [0.25, 0.3) is 0 Å². The van der Waals surface area contributed by atoms with Crippen LogP contribution in [0.2, 0.25) is 0 Å². The zero-order chi connectivity index (χ0) is 20.0. The number of methoxy groups -OCH3 is 1. The molecule has 0 unspecified atom stereocenters. The number of sulfonamides is 1. The van der Waals surface area contributed by atoms with E-state index in [1.165, 1.54) is 26.2 Å². The van der Waals surface area contributed by atoms with E-state index in [1.54, 1.807) is 6.07 Å². The van der Waals surface area contributed by atoms with Gasteiger partial charge in [-0.3, -0.25) is 4.79 Å². The molecule has 0 aliphatic carbocycles. The second-order valence-corrected chi connectivity index (χ2v) is 8.17. The highest BCUT2D eigenvalue weighted by Gasteiger charge is 2.25. The van der Waals surface area contributed by atoms with Gasteiger partial charge >= 0.3 is 0 Å². The van der Waals surface area contributed by atoms with E-state index in [1.807, 2.05) is 44.4 Å². The molecule has 0 saturated heterocycles. The minimum Gasteiger partial charge on any atom is -0.495 e. The molecule has 2 aromatic carbocycles. The maximum absolute atomic E-state index is 12.9. The standard InChI is InChI=1S/C19H25N3O4S/c1-14(23)21-16-10-11-18(26-4)19(12-16)27(24,25)20-13-17(22(2)3)15-8-6-5-7-9-15/h5-12,17,20H,13H2,1-4H3,(H,21,23)/p+1/t17-/m1/s1. The van der Waals surface area contributed by atoms with Gasteiger partial charge in [0.05, 0.1) is 27.7 Å². The van der Waals surface area contributed by atoms with E-state index in [4.69, 9.17) is 4.74 Å². The van der Waals surface area contributed by atoms with Crippen molar-refractivity contribution in [2.75, 3.05) is 33.1 Å². The van der Waals surface area contributed by atoms with Gasteiger partial charge < -0.3 is 15.0 Å². The number of likely N-dealkylation sites (N-methyl/N-ethyl adjacent to an activating group) is 1. The van der Waals surface area contributed by atoms with Crippen molar-refractivity contribution in [3.63, 3.8) is 0 Å². The van der Waals surface area contributed by atoms with Gasteiger partial charge in [-0.05, 0) is 18.2 Å². The fourth-order valence-electron chi connectivity index (χ4n) is 2.78. The van der Waals surface area contributed by atoms with E-state index in [9.17, 15) is 13.2 Å². The molecule has 0 aliphatic rings. The third-order valence-electron chi connectivity index (χ3n) is 4.15. The Morgan fingerprint density at radius 1 is 1.15 bits per heavy atom. The van der Waals surface area contributed by atoms with Crippen molar-refractivity contribution in [2.24, 2.45) is 0 Å². The van der Waals surface area contributed by atoms with Crippen LogP contribution >= 0.6 is 0 Å². The zero-order valence-corrected chi connectivity index (χ0v) is 16.8. The first-order chi connectivity index (χ1) is 12.7. The molecule has 7 nitrogen and oxygen atoms in total. The summed E-state index contributed by atoms with van der Waals surface area (Å²) < 4.78 is 33.7. The Morgan fingerprint density at radius 3 is 2.37 bits per heavy atom. The number of anilines is 1. The van der Waals surface area contributed by atoms with Crippen LogP contribution in [0.3, 0.4) is 0 Å². The van der Waals surface area contributed by atoms with E-state index in [-0.39, 0.29) is 29.1 Å². The van der Waals surface area contributed by atoms with Crippen LogP contribution in [-0.4, -0.2) is 42.1 Å². The van der Waals surface area contributed by atoms with E-state index in [0.29, 0.717) is 5.69 Å². The summed E-state index contributed by atoms with van der Waals surface area (Å²) in [6, 6.07) is 14.2. The van der Waals surface area contributed by atoms with Crippen molar-refractivity contribution in [3.8, 4) is 5.75 Å². The van der Waals surface area contributed by atoms with Crippen LogP contribution in [0.25, 0.3) is 0 Å². The molecule has 0 aromatic heterocycles. The van der Waals surface area contributed by atoms with Gasteiger partial charge in [-0.1, -0.05) is 30.3 Å². The number of quaternary nitrogens is 1. The molecule has 0 spiro atoms. The first-order valence-corrected chi connectivity index (χ1v) is 10.0. The number of amides is 1. The predicted molar refractivity (Wildman–Crippen MR) is 104 cm³/mol. The average Bonchev–Trinajstić information content (AvgIpc) is 2.62. The van der Waals surface area contributed by atoms with Gasteiger partial charge in [0.15, 0.2) is 0 Å². The van der Waals surface area contributed by atoms with Crippen molar-refractivity contribution in [1.29, 1.82) is 0 Å². The fraction of sp³-hybridized carbons (Fsp3) is 0.316. The van der Waals surface area contributed by atoms with Crippen molar-refractivity contribution >= 4 is 21.6 Å². The van der Waals surface area contributed by atoms with Gasteiger partial charge in [-0.15, -0.1) is 0 Å². The van der Waals surface area contributed by atoms with Crippen LogP contribution in [0.4, 0.5) is 5.69 Å². The third kappa shape index (κ3) is 5.53. The molecular formula is C19H26N3O4S+. The van der Waals surface area contributed by atoms with Crippen molar-refractivity contribution < 1.29 is 22.8 Å². The Labute approximate surface area is 160 Å². The molecule has 2 aromatic rings. The molecule has 0 fully saturated rings. The second-order valence-electron chi connectivity index (χ2n) is 6.44. The molecule has 8 heteroatoms. The molecule has 27 heavy (non-hydrogen) atoms. The first kappa shape index (κ1) is 20.9. The van der Waals surface area contributed by atoms with Gasteiger partial charge in [-0.2, -0.15) is 0 Å². The van der Waals surface area contributed by atoms with Crippen LogP contribution in [0.15, 0.2) is 53.4 Å². The minimum atomic E-state index is -3.84. The summed E-state index contributed by atoms with van der Waals surface area (Å²) in [5, 5.41) is 2.59. The van der Waals surface area contributed by atoms with E-state index < -0.39 is 10.0 Å². The number of carbonyl (C=O) groups excluding carboxylic acids is 1. The van der Waals surface area contributed by atoms with E-state index in [0.717, 1.165) is 10.5 Å². The molecule has 0 aliphatic heterocycles. The number of ether oxygens (including phenoxy) is 1. The molecule has 1 amide bonds. The maximum atomic E-state index is 12.9. The van der Waals surface area contributed by atoms with E-state index >= 15 is 0 Å². The lowest BCUT2D eigenvalue weighted by molar-refractivity contribution is -0.890. The van der Waals surface area contributed by atoms with Gasteiger partial charge in [-0.25, -0.2) is 13.1 Å². The van der Waals surface area contributed by atoms with Crippen LogP contribution in [0.1, 0.15) is 18.5 Å². The smallest absolute Gasteiger partial charge is 0.244 e. The Kier molecular flexibility index (Phi) is 6.95. The van der Waals surface area contributed by atoms with Crippen molar-refractivity contribution in [3.05, 3.63) is 54.1 Å². The summed E-state index contributed by atoms with van der Waals surface area (Å²) in [6.45, 7) is 1.59. The third-order valence-corrected chi connectivity index (χ3v) is 5.59. The maximum Gasteiger partial charge on any atom is 0.244 e. The normalized spacial score (nSPS) is 12.6. The molecule has 1 atom stereocenters. The number of hydrogen-bond donors (Lipinski definition) is 3. The molecule has 0 saturated carbocycles. The summed E-state index contributed by atoms with van der Waals surface area (Å²) in [4.78, 5) is 12.3. The Balaban J connectivity index is 2.28. The SMILES string of the molecule is COc1ccc(NC(C)=O)cc1S(=O)(=O)NC[C@H](c1ccccc1)[NH+](C)C. The highest BCUT2D eigenvalue weighted by molar-refractivity contribution is 7.89. The lowest BCUT2D eigenvalue weighted by Crippen LogP contribution is -3.07. The molecule has 0 heterocycles. The summed E-state index contributed by atoms with van der Waals surface area (Å²) in [6.07, 6.45) is 0. The number of benzene rings is 2. The molecule has 146 valence electrons. The number of hydrogen-bond acceptors (Lipinski definition) is 4. The summed E-state index contributed by atoms with van der Waals surface area (Å²) in [7, 11) is 1.52. The Hall–Kier alpha value is -2.42. The number of carbonyl (C=O) groups is 1. The average molecular weight is 393 g/mol. The van der Waals surface area contributed by atoms with Crippen LogP contribution in [-0.2, 0) is 14.8 Å². The van der Waals surface area contributed by atoms with Crippen LogP contribution in [0, 0.1) is 0 Å². The Bertz CT molecular complexity index is 883. The van der Waals surface area contributed by atoms with Crippen molar-refractivity contribution in [2.45, 2.75) is 17.9 Å². The zero-order valence-electron chi connectivity index (χ0n) is 15.9. The highest BCUT2D eigenvalue weighted by atomic mass is 32.2. The van der Waals surface area contributed by atoms with Crippen LogP contribution in [0.5, 0.6) is 5.75 Å². The molecule has 3 N–H and O–H groups in total. The Morgan fingerprint density at radius 2 is 1.81 bits per heavy atom. The number of rotatable bonds is 8. The van der Waals surface area contributed by atoms with Crippen molar-refractivity contribution in [1.82, 2.24) is 4.72 Å². The molecule has 0 bridgehead atoms. The molecular weight excluding hydrogens is 366 g/mol. The highest BCUT2D eigenvalue weighted by Crippen LogP contribution is 2.27. The fourth-order valence-corrected chi connectivity index (χ4v) is 4.02.